The first-order valence-corrected chi connectivity index (χ1v) is 9.31. The van der Waals surface area contributed by atoms with E-state index in [-0.39, 0.29) is 11.7 Å². The highest BCUT2D eigenvalue weighted by molar-refractivity contribution is 5.74. The van der Waals surface area contributed by atoms with Crippen LogP contribution in [0.15, 0.2) is 29.2 Å². The van der Waals surface area contributed by atoms with Gasteiger partial charge in [0.05, 0.1) is 31.6 Å². The van der Waals surface area contributed by atoms with E-state index in [0.29, 0.717) is 29.5 Å². The molecule has 3 heterocycles. The van der Waals surface area contributed by atoms with Crippen molar-refractivity contribution in [2.24, 2.45) is 0 Å². The quantitative estimate of drug-likeness (QED) is 0.764. The van der Waals surface area contributed by atoms with Gasteiger partial charge in [0.15, 0.2) is 11.3 Å². The van der Waals surface area contributed by atoms with E-state index in [1.165, 1.54) is 5.56 Å². The maximum Gasteiger partial charge on any atom is 0.329 e. The zero-order valence-electron chi connectivity index (χ0n) is 15.9. The lowest BCUT2D eigenvalue weighted by Gasteiger charge is -2.22. The van der Waals surface area contributed by atoms with E-state index in [1.54, 1.807) is 17.9 Å². The molecule has 1 aliphatic rings. The Kier molecular flexibility index (Phi) is 4.70. The number of H-pyrrole nitrogens is 1. The molecule has 7 nitrogen and oxygen atoms in total. The number of methoxy groups -OCH3 is 1. The fourth-order valence-corrected chi connectivity index (χ4v) is 3.57. The number of hydrogen-bond donors (Lipinski definition) is 1. The normalized spacial score (nSPS) is 17.6. The number of imidazole rings is 1. The van der Waals surface area contributed by atoms with Crippen LogP contribution in [0, 0.1) is 0 Å². The number of hydrogen-bond acceptors (Lipinski definition) is 5. The second kappa shape index (κ2) is 7.15. The van der Waals surface area contributed by atoms with E-state index in [2.05, 4.69) is 35.9 Å². The zero-order valence-corrected chi connectivity index (χ0v) is 15.9. The van der Waals surface area contributed by atoms with Gasteiger partial charge in [0.2, 0.25) is 0 Å². The van der Waals surface area contributed by atoms with Gasteiger partial charge in [-0.2, -0.15) is 0 Å². The Hall–Kier alpha value is -2.67. The molecule has 4 rings (SSSR count). The molecule has 0 aliphatic carbocycles. The lowest BCUT2D eigenvalue weighted by Crippen LogP contribution is -2.29. The monoisotopic (exact) mass is 368 g/mol. The summed E-state index contributed by atoms with van der Waals surface area (Å²) in [6.45, 7) is 5.55. The highest BCUT2D eigenvalue weighted by atomic mass is 16.5. The van der Waals surface area contributed by atoms with E-state index < -0.39 is 0 Å². The summed E-state index contributed by atoms with van der Waals surface area (Å²) in [7, 11) is 1.64. The molecule has 7 heteroatoms. The largest absolute Gasteiger partial charge is 0.496 e. The first kappa shape index (κ1) is 17.7. The van der Waals surface area contributed by atoms with Crippen molar-refractivity contribution in [3.8, 4) is 17.0 Å². The fourth-order valence-electron chi connectivity index (χ4n) is 3.57. The van der Waals surface area contributed by atoms with Crippen LogP contribution in [0.1, 0.15) is 44.2 Å². The van der Waals surface area contributed by atoms with E-state index in [9.17, 15) is 4.79 Å². The summed E-state index contributed by atoms with van der Waals surface area (Å²) in [5, 5.41) is 0. The minimum absolute atomic E-state index is 0.0200. The van der Waals surface area contributed by atoms with Gasteiger partial charge >= 0.3 is 5.69 Å². The third kappa shape index (κ3) is 3.23. The molecule has 1 saturated heterocycles. The predicted molar refractivity (Wildman–Crippen MR) is 103 cm³/mol. The van der Waals surface area contributed by atoms with Crippen LogP contribution in [0.4, 0.5) is 0 Å². The Balaban J connectivity index is 1.86. The number of aromatic amines is 1. The van der Waals surface area contributed by atoms with Crippen molar-refractivity contribution >= 4 is 11.3 Å². The summed E-state index contributed by atoms with van der Waals surface area (Å²) in [4.78, 5) is 24.5. The van der Waals surface area contributed by atoms with Crippen molar-refractivity contribution in [3.05, 3.63) is 40.4 Å². The van der Waals surface area contributed by atoms with Gasteiger partial charge in [0, 0.05) is 12.2 Å². The van der Waals surface area contributed by atoms with Crippen LogP contribution in [0.25, 0.3) is 22.6 Å². The Morgan fingerprint density at radius 2 is 2.22 bits per heavy atom. The molecule has 1 fully saturated rings. The molecule has 1 aliphatic heterocycles. The molecule has 0 spiro atoms. The SMILES string of the molecule is COc1ccc(C(C)C)cc1-c1cnc2[nH]c(=O)n(C3CCCOC3)c2n1. The number of fused-ring (bicyclic) bond motifs is 1. The predicted octanol–water partition coefficient (Wildman–Crippen LogP) is 3.27. The summed E-state index contributed by atoms with van der Waals surface area (Å²) >= 11 is 0. The van der Waals surface area contributed by atoms with Gasteiger partial charge in [-0.25, -0.2) is 14.8 Å². The van der Waals surface area contributed by atoms with Crippen LogP contribution >= 0.6 is 0 Å². The summed E-state index contributed by atoms with van der Waals surface area (Å²) in [6, 6.07) is 6.08. The lowest BCUT2D eigenvalue weighted by molar-refractivity contribution is 0.0593. The molecule has 1 aromatic carbocycles. The van der Waals surface area contributed by atoms with Crippen molar-refractivity contribution in [2.75, 3.05) is 20.3 Å². The molecular weight excluding hydrogens is 344 g/mol. The molecule has 1 atom stereocenters. The molecule has 0 bridgehead atoms. The van der Waals surface area contributed by atoms with Gasteiger partial charge in [-0.15, -0.1) is 0 Å². The van der Waals surface area contributed by atoms with Gasteiger partial charge in [0.1, 0.15) is 5.75 Å². The summed E-state index contributed by atoms with van der Waals surface area (Å²) in [5.41, 5.74) is 3.61. The van der Waals surface area contributed by atoms with Crippen LogP contribution in [-0.2, 0) is 4.74 Å². The van der Waals surface area contributed by atoms with Crippen LogP contribution in [0.5, 0.6) is 5.75 Å². The first-order chi connectivity index (χ1) is 13.1. The van der Waals surface area contributed by atoms with Crippen molar-refractivity contribution < 1.29 is 9.47 Å². The fraction of sp³-hybridized carbons (Fsp3) is 0.450. The average Bonchev–Trinajstić information content (AvgIpc) is 3.02. The third-order valence-corrected chi connectivity index (χ3v) is 5.09. The summed E-state index contributed by atoms with van der Waals surface area (Å²) in [6.07, 6.45) is 3.51. The van der Waals surface area contributed by atoms with Crippen molar-refractivity contribution in [2.45, 2.75) is 38.6 Å². The Bertz CT molecular complexity index is 1020. The van der Waals surface area contributed by atoms with Gasteiger partial charge in [-0.1, -0.05) is 19.9 Å². The summed E-state index contributed by atoms with van der Waals surface area (Å²) in [5.74, 6) is 1.12. The third-order valence-electron chi connectivity index (χ3n) is 5.09. The first-order valence-electron chi connectivity index (χ1n) is 9.31. The summed E-state index contributed by atoms with van der Waals surface area (Å²) < 4.78 is 12.8. The smallest absolute Gasteiger partial charge is 0.329 e. The molecule has 27 heavy (non-hydrogen) atoms. The van der Waals surface area contributed by atoms with E-state index in [4.69, 9.17) is 14.5 Å². The number of benzene rings is 1. The maximum atomic E-state index is 12.5. The molecule has 1 unspecified atom stereocenters. The maximum absolute atomic E-state index is 12.5. The number of ether oxygens (including phenoxy) is 2. The van der Waals surface area contributed by atoms with Gasteiger partial charge in [-0.05, 0) is 36.5 Å². The molecular formula is C20H24N4O3. The topological polar surface area (TPSA) is 82.0 Å². The van der Waals surface area contributed by atoms with E-state index in [1.807, 2.05) is 6.07 Å². The Morgan fingerprint density at radius 3 is 2.93 bits per heavy atom. The highest BCUT2D eigenvalue weighted by Crippen LogP contribution is 2.32. The lowest BCUT2D eigenvalue weighted by atomic mass is 9.99. The van der Waals surface area contributed by atoms with Crippen LogP contribution in [0.2, 0.25) is 0 Å². The second-order valence-corrected chi connectivity index (χ2v) is 7.21. The molecule has 1 N–H and O–H groups in total. The van der Waals surface area contributed by atoms with Crippen LogP contribution in [-0.4, -0.2) is 39.8 Å². The van der Waals surface area contributed by atoms with E-state index in [0.717, 1.165) is 30.8 Å². The second-order valence-electron chi connectivity index (χ2n) is 7.21. The molecule has 2 aromatic heterocycles. The number of nitrogens with zero attached hydrogens (tertiary/aromatic N) is 3. The minimum Gasteiger partial charge on any atom is -0.496 e. The van der Waals surface area contributed by atoms with Gasteiger partial charge < -0.3 is 9.47 Å². The number of aromatic nitrogens is 4. The van der Waals surface area contributed by atoms with Crippen molar-refractivity contribution in [3.63, 3.8) is 0 Å². The Labute approximate surface area is 157 Å². The van der Waals surface area contributed by atoms with Gasteiger partial charge in [0.25, 0.3) is 0 Å². The number of nitrogens with one attached hydrogen (secondary N) is 1. The van der Waals surface area contributed by atoms with Crippen molar-refractivity contribution in [1.82, 2.24) is 19.5 Å². The molecule has 0 saturated carbocycles. The molecule has 3 aromatic rings. The van der Waals surface area contributed by atoms with Gasteiger partial charge in [-0.3, -0.25) is 9.55 Å². The van der Waals surface area contributed by atoms with Crippen LogP contribution in [0.3, 0.4) is 0 Å². The highest BCUT2D eigenvalue weighted by Gasteiger charge is 2.22. The average molecular weight is 368 g/mol. The minimum atomic E-state index is -0.194. The van der Waals surface area contributed by atoms with Crippen LogP contribution < -0.4 is 10.4 Å². The zero-order chi connectivity index (χ0) is 19.0. The number of rotatable bonds is 4. The molecule has 0 amide bonds. The molecule has 142 valence electrons. The Morgan fingerprint density at radius 1 is 1.37 bits per heavy atom. The molecule has 0 radical (unpaired) electrons. The van der Waals surface area contributed by atoms with Crippen molar-refractivity contribution in [1.29, 1.82) is 0 Å². The standard InChI is InChI=1S/C20H24N4O3/c1-12(2)13-6-7-17(26-3)15(9-13)16-10-21-18-19(22-16)24(20(25)23-18)14-5-4-8-27-11-14/h6-7,9-10,12,14H,4-5,8,11H2,1-3H3,(H,21,23,25). The van der Waals surface area contributed by atoms with E-state index >= 15 is 0 Å².